The molecule has 0 saturated carbocycles. The van der Waals surface area contributed by atoms with Gasteiger partial charge in [0, 0.05) is 31.5 Å². The fourth-order valence-corrected chi connectivity index (χ4v) is 3.66. The van der Waals surface area contributed by atoms with Crippen LogP contribution in [0.4, 0.5) is 0 Å². The van der Waals surface area contributed by atoms with Gasteiger partial charge < -0.3 is 19.1 Å². The average molecular weight is 329 g/mol. The molecular weight excluding hydrogens is 306 g/mol. The monoisotopic (exact) mass is 329 g/mol. The van der Waals surface area contributed by atoms with Gasteiger partial charge in [0.2, 0.25) is 5.91 Å². The zero-order valence-electron chi connectivity index (χ0n) is 13.8. The number of hydrogen-bond acceptors (Lipinski definition) is 4. The summed E-state index contributed by atoms with van der Waals surface area (Å²) >= 11 is 0. The van der Waals surface area contributed by atoms with E-state index in [0.29, 0.717) is 19.8 Å². The van der Waals surface area contributed by atoms with E-state index in [0.717, 1.165) is 43.7 Å². The maximum Gasteiger partial charge on any atom is 0.246 e. The van der Waals surface area contributed by atoms with Crippen molar-refractivity contribution in [1.82, 2.24) is 4.90 Å². The second kappa shape index (κ2) is 6.95. The molecular formula is C19H23NO4. The standard InChI is InChI=1S/C19H23NO4/c21-18(6-4-14-3-5-17-15(12-14)7-9-22-17)20-8-1-2-16(13-20)19-23-10-11-24-19/h3-6,12,16,19H,1-2,7-11,13H2/b6-4+. The normalized spacial score (nSPS) is 24.3. The van der Waals surface area contributed by atoms with Crippen molar-refractivity contribution in [3.63, 3.8) is 0 Å². The van der Waals surface area contributed by atoms with Crippen LogP contribution in [0.1, 0.15) is 24.0 Å². The number of fused-ring (bicyclic) bond motifs is 1. The van der Waals surface area contributed by atoms with Gasteiger partial charge in [-0.15, -0.1) is 0 Å². The van der Waals surface area contributed by atoms with Crippen molar-refractivity contribution in [3.8, 4) is 5.75 Å². The van der Waals surface area contributed by atoms with E-state index in [1.54, 1.807) is 6.08 Å². The van der Waals surface area contributed by atoms with Crippen LogP contribution in [0, 0.1) is 5.92 Å². The molecule has 0 bridgehead atoms. The predicted molar refractivity (Wildman–Crippen MR) is 89.7 cm³/mol. The summed E-state index contributed by atoms with van der Waals surface area (Å²) in [7, 11) is 0. The quantitative estimate of drug-likeness (QED) is 0.798. The molecule has 3 aliphatic heterocycles. The molecule has 3 heterocycles. The molecule has 5 heteroatoms. The Hall–Kier alpha value is -1.85. The van der Waals surface area contributed by atoms with Gasteiger partial charge in [0.25, 0.3) is 0 Å². The molecule has 1 amide bonds. The van der Waals surface area contributed by atoms with Crippen LogP contribution >= 0.6 is 0 Å². The van der Waals surface area contributed by atoms with Crippen LogP contribution in [0.3, 0.4) is 0 Å². The van der Waals surface area contributed by atoms with E-state index >= 15 is 0 Å². The summed E-state index contributed by atoms with van der Waals surface area (Å²) in [6.45, 7) is 3.60. The highest BCUT2D eigenvalue weighted by Crippen LogP contribution is 2.27. The summed E-state index contributed by atoms with van der Waals surface area (Å²) in [6.07, 6.45) is 6.44. The molecule has 24 heavy (non-hydrogen) atoms. The molecule has 3 aliphatic rings. The number of carbonyl (C=O) groups excluding carboxylic acids is 1. The first-order valence-corrected chi connectivity index (χ1v) is 8.75. The van der Waals surface area contributed by atoms with Gasteiger partial charge in [0.15, 0.2) is 6.29 Å². The number of rotatable bonds is 3. The fourth-order valence-electron chi connectivity index (χ4n) is 3.66. The van der Waals surface area contributed by atoms with Gasteiger partial charge in [-0.1, -0.05) is 6.07 Å². The predicted octanol–water partition coefficient (Wildman–Crippen LogP) is 2.25. The van der Waals surface area contributed by atoms with Crippen LogP contribution < -0.4 is 4.74 Å². The molecule has 0 spiro atoms. The zero-order valence-corrected chi connectivity index (χ0v) is 13.8. The van der Waals surface area contributed by atoms with Crippen molar-refractivity contribution in [3.05, 3.63) is 35.4 Å². The van der Waals surface area contributed by atoms with Crippen molar-refractivity contribution < 1.29 is 19.0 Å². The molecule has 0 N–H and O–H groups in total. The van der Waals surface area contributed by atoms with Crippen molar-refractivity contribution in [2.45, 2.75) is 25.6 Å². The highest BCUT2D eigenvalue weighted by molar-refractivity contribution is 5.91. The van der Waals surface area contributed by atoms with Crippen LogP contribution in [0.2, 0.25) is 0 Å². The highest BCUT2D eigenvalue weighted by Gasteiger charge is 2.32. The second-order valence-corrected chi connectivity index (χ2v) is 6.60. The maximum atomic E-state index is 12.5. The summed E-state index contributed by atoms with van der Waals surface area (Å²) in [5.74, 6) is 1.32. The van der Waals surface area contributed by atoms with E-state index < -0.39 is 0 Å². The zero-order chi connectivity index (χ0) is 16.4. The summed E-state index contributed by atoms with van der Waals surface area (Å²) in [5, 5.41) is 0. The Morgan fingerprint density at radius 1 is 1.21 bits per heavy atom. The van der Waals surface area contributed by atoms with Gasteiger partial charge in [-0.25, -0.2) is 0 Å². The topological polar surface area (TPSA) is 48.0 Å². The van der Waals surface area contributed by atoms with Gasteiger partial charge >= 0.3 is 0 Å². The molecule has 0 aliphatic carbocycles. The SMILES string of the molecule is O=C(/C=C/c1ccc2c(c1)CCO2)N1CCCC(C2OCCO2)C1. The molecule has 2 fully saturated rings. The molecule has 1 unspecified atom stereocenters. The van der Waals surface area contributed by atoms with Gasteiger partial charge in [0.05, 0.1) is 19.8 Å². The lowest BCUT2D eigenvalue weighted by Gasteiger charge is -2.34. The van der Waals surface area contributed by atoms with Crippen LogP contribution in [0.5, 0.6) is 5.75 Å². The minimum absolute atomic E-state index is 0.0643. The second-order valence-electron chi connectivity index (χ2n) is 6.60. The molecule has 0 aromatic heterocycles. The Kier molecular flexibility index (Phi) is 4.54. The first-order chi connectivity index (χ1) is 11.8. The van der Waals surface area contributed by atoms with Crippen LogP contribution in [0.25, 0.3) is 6.08 Å². The van der Waals surface area contributed by atoms with Crippen molar-refractivity contribution >= 4 is 12.0 Å². The number of nitrogens with zero attached hydrogens (tertiary/aromatic N) is 1. The largest absolute Gasteiger partial charge is 0.493 e. The molecule has 128 valence electrons. The maximum absolute atomic E-state index is 12.5. The van der Waals surface area contributed by atoms with Crippen LogP contribution in [0.15, 0.2) is 24.3 Å². The van der Waals surface area contributed by atoms with Gasteiger partial charge in [-0.2, -0.15) is 0 Å². The van der Waals surface area contributed by atoms with Crippen LogP contribution in [-0.2, 0) is 20.7 Å². The van der Waals surface area contributed by atoms with Crippen molar-refractivity contribution in [2.24, 2.45) is 5.92 Å². The Labute approximate surface area is 142 Å². The Balaban J connectivity index is 1.38. The highest BCUT2D eigenvalue weighted by atomic mass is 16.7. The molecule has 1 atom stereocenters. The van der Waals surface area contributed by atoms with E-state index in [2.05, 4.69) is 6.07 Å². The van der Waals surface area contributed by atoms with Crippen molar-refractivity contribution in [2.75, 3.05) is 32.9 Å². The average Bonchev–Trinajstić information content (AvgIpc) is 3.30. The van der Waals surface area contributed by atoms with Crippen LogP contribution in [-0.4, -0.2) is 50.0 Å². The lowest BCUT2D eigenvalue weighted by molar-refractivity contribution is -0.134. The van der Waals surface area contributed by atoms with Gasteiger partial charge in [-0.3, -0.25) is 4.79 Å². The Morgan fingerprint density at radius 2 is 2.08 bits per heavy atom. The number of amides is 1. The minimum atomic E-state index is -0.138. The first kappa shape index (κ1) is 15.7. The number of ether oxygens (including phenoxy) is 3. The first-order valence-electron chi connectivity index (χ1n) is 8.75. The molecule has 1 aromatic carbocycles. The third kappa shape index (κ3) is 3.32. The molecule has 1 aromatic rings. The van der Waals surface area contributed by atoms with E-state index in [1.165, 1.54) is 5.56 Å². The van der Waals surface area contributed by atoms with E-state index in [4.69, 9.17) is 14.2 Å². The summed E-state index contributed by atoms with van der Waals surface area (Å²) < 4.78 is 16.7. The Morgan fingerprint density at radius 3 is 2.96 bits per heavy atom. The van der Waals surface area contributed by atoms with E-state index in [9.17, 15) is 4.79 Å². The number of piperidine rings is 1. The lowest BCUT2D eigenvalue weighted by Crippen LogP contribution is -2.43. The minimum Gasteiger partial charge on any atom is -0.493 e. The molecule has 2 saturated heterocycles. The Bertz CT molecular complexity index is 636. The number of hydrogen-bond donors (Lipinski definition) is 0. The van der Waals surface area contributed by atoms with E-state index in [1.807, 2.05) is 23.1 Å². The van der Waals surface area contributed by atoms with Gasteiger partial charge in [-0.05, 0) is 42.2 Å². The van der Waals surface area contributed by atoms with Gasteiger partial charge in [0.1, 0.15) is 5.75 Å². The third-order valence-electron chi connectivity index (χ3n) is 4.93. The van der Waals surface area contributed by atoms with Crippen molar-refractivity contribution in [1.29, 1.82) is 0 Å². The number of carbonyl (C=O) groups is 1. The number of likely N-dealkylation sites (tertiary alicyclic amines) is 1. The summed E-state index contributed by atoms with van der Waals surface area (Å²) in [5.41, 5.74) is 2.27. The smallest absolute Gasteiger partial charge is 0.246 e. The third-order valence-corrected chi connectivity index (χ3v) is 4.93. The summed E-state index contributed by atoms with van der Waals surface area (Å²) in [4.78, 5) is 14.4. The van der Waals surface area contributed by atoms with E-state index in [-0.39, 0.29) is 18.1 Å². The molecule has 4 rings (SSSR count). The number of benzene rings is 1. The fraction of sp³-hybridized carbons (Fsp3) is 0.526. The summed E-state index contributed by atoms with van der Waals surface area (Å²) in [6, 6.07) is 6.08. The lowest BCUT2D eigenvalue weighted by atomic mass is 9.97. The molecule has 0 radical (unpaired) electrons. The molecule has 5 nitrogen and oxygen atoms in total.